The first-order chi connectivity index (χ1) is 9.61. The molecule has 1 fully saturated rings. The lowest BCUT2D eigenvalue weighted by atomic mass is 9.93. The van der Waals surface area contributed by atoms with E-state index in [4.69, 9.17) is 16.3 Å². The van der Waals surface area contributed by atoms with Crippen LogP contribution in [0.15, 0.2) is 17.1 Å². The van der Waals surface area contributed by atoms with Crippen LogP contribution in [0, 0.1) is 0 Å². The predicted molar refractivity (Wildman–Crippen MR) is 78.3 cm³/mol. The van der Waals surface area contributed by atoms with Gasteiger partial charge in [0.2, 0.25) is 0 Å². The first kappa shape index (κ1) is 13.6. The fraction of sp³-hybridized carbons (Fsp3) is 0.571. The van der Waals surface area contributed by atoms with Gasteiger partial charge < -0.3 is 4.74 Å². The Kier molecular flexibility index (Phi) is 3.56. The van der Waals surface area contributed by atoms with Gasteiger partial charge in [-0.15, -0.1) is 0 Å². The second-order valence-corrected chi connectivity index (χ2v) is 5.76. The van der Waals surface area contributed by atoms with Crippen molar-refractivity contribution >= 4 is 22.6 Å². The van der Waals surface area contributed by atoms with E-state index in [0.717, 1.165) is 36.7 Å². The van der Waals surface area contributed by atoms with Gasteiger partial charge >= 0.3 is 5.69 Å². The molecular weight excluding hydrogens is 278 g/mol. The van der Waals surface area contributed by atoms with Crippen LogP contribution in [0.5, 0.6) is 0 Å². The summed E-state index contributed by atoms with van der Waals surface area (Å²) in [6, 6.07) is 2.00. The van der Waals surface area contributed by atoms with Crippen molar-refractivity contribution < 1.29 is 4.74 Å². The number of aryl methyl sites for hydroxylation is 1. The number of pyridine rings is 1. The van der Waals surface area contributed by atoms with Crippen LogP contribution in [0.2, 0.25) is 5.15 Å². The number of hydrogen-bond donors (Lipinski definition) is 0. The highest BCUT2D eigenvalue weighted by atomic mass is 35.5. The summed E-state index contributed by atoms with van der Waals surface area (Å²) in [5.74, 6) is 0. The van der Waals surface area contributed by atoms with Crippen molar-refractivity contribution in [2.75, 3.05) is 7.11 Å². The zero-order valence-corrected chi connectivity index (χ0v) is 12.4. The van der Waals surface area contributed by atoms with Gasteiger partial charge in [0.05, 0.1) is 23.3 Å². The first-order valence-corrected chi connectivity index (χ1v) is 7.25. The van der Waals surface area contributed by atoms with Crippen molar-refractivity contribution in [1.82, 2.24) is 14.1 Å². The molecule has 0 amide bonds. The number of ether oxygens (including phenoxy) is 1. The topological polar surface area (TPSA) is 49.0 Å². The molecule has 0 N–H and O–H groups in total. The number of nitrogens with zero attached hydrogens (tertiary/aromatic N) is 3. The van der Waals surface area contributed by atoms with E-state index in [0.29, 0.717) is 11.3 Å². The Balaban J connectivity index is 2.05. The van der Waals surface area contributed by atoms with Crippen LogP contribution in [0.25, 0.3) is 11.0 Å². The summed E-state index contributed by atoms with van der Waals surface area (Å²) < 4.78 is 8.90. The van der Waals surface area contributed by atoms with E-state index in [1.54, 1.807) is 31.0 Å². The normalized spacial score (nSPS) is 23.4. The lowest BCUT2D eigenvalue weighted by Gasteiger charge is -2.28. The number of methoxy groups -OCH3 is 1. The number of aromatic nitrogens is 3. The largest absolute Gasteiger partial charge is 0.381 e. The lowest BCUT2D eigenvalue weighted by molar-refractivity contribution is 0.0585. The Bertz CT molecular complexity index is 684. The van der Waals surface area contributed by atoms with Crippen LogP contribution in [0.3, 0.4) is 0 Å². The molecule has 5 nitrogen and oxygen atoms in total. The second kappa shape index (κ2) is 5.22. The summed E-state index contributed by atoms with van der Waals surface area (Å²) in [4.78, 5) is 16.5. The third kappa shape index (κ3) is 2.15. The highest BCUT2D eigenvalue weighted by Crippen LogP contribution is 2.31. The summed E-state index contributed by atoms with van der Waals surface area (Å²) in [6.45, 7) is 0. The molecule has 0 unspecified atom stereocenters. The van der Waals surface area contributed by atoms with Crippen LogP contribution in [0.1, 0.15) is 31.7 Å². The molecule has 0 atom stereocenters. The molecule has 6 heteroatoms. The van der Waals surface area contributed by atoms with Gasteiger partial charge in [0, 0.05) is 26.3 Å². The van der Waals surface area contributed by atoms with E-state index in [1.165, 1.54) is 0 Å². The van der Waals surface area contributed by atoms with E-state index < -0.39 is 0 Å². The number of fused-ring (bicyclic) bond motifs is 1. The number of hydrogen-bond acceptors (Lipinski definition) is 3. The maximum atomic E-state index is 12.5. The molecule has 0 aromatic carbocycles. The molecule has 2 heterocycles. The smallest absolute Gasteiger partial charge is 0.329 e. The van der Waals surface area contributed by atoms with E-state index in [1.807, 2.05) is 4.57 Å². The summed E-state index contributed by atoms with van der Waals surface area (Å²) in [5, 5.41) is 0.419. The highest BCUT2D eigenvalue weighted by molar-refractivity contribution is 6.29. The minimum Gasteiger partial charge on any atom is -0.381 e. The van der Waals surface area contributed by atoms with Crippen molar-refractivity contribution in [2.24, 2.45) is 7.05 Å². The van der Waals surface area contributed by atoms with E-state index in [2.05, 4.69) is 4.98 Å². The van der Waals surface area contributed by atoms with Gasteiger partial charge in [-0.2, -0.15) is 0 Å². The molecule has 1 saturated carbocycles. The standard InChI is InChI=1S/C14H18ClN3O2/c1-17-12-8-16-13(15)7-11(12)18(14(17)19)9-3-5-10(20-2)6-4-9/h7-10H,3-6H2,1-2H3. The highest BCUT2D eigenvalue weighted by Gasteiger charge is 2.25. The molecular formula is C14H18ClN3O2. The first-order valence-electron chi connectivity index (χ1n) is 6.87. The number of imidazole rings is 1. The molecule has 20 heavy (non-hydrogen) atoms. The fourth-order valence-corrected chi connectivity index (χ4v) is 3.28. The van der Waals surface area contributed by atoms with E-state index >= 15 is 0 Å². The maximum Gasteiger partial charge on any atom is 0.329 e. The third-order valence-corrected chi connectivity index (χ3v) is 4.49. The molecule has 0 saturated heterocycles. The summed E-state index contributed by atoms with van der Waals surface area (Å²) in [6.07, 6.45) is 5.87. The minimum atomic E-state index is 0.00457. The Labute approximate surface area is 122 Å². The second-order valence-electron chi connectivity index (χ2n) is 5.37. The Morgan fingerprint density at radius 1 is 1.30 bits per heavy atom. The quantitative estimate of drug-likeness (QED) is 0.800. The third-order valence-electron chi connectivity index (χ3n) is 4.28. The summed E-state index contributed by atoms with van der Waals surface area (Å²) in [5.41, 5.74) is 1.71. The van der Waals surface area contributed by atoms with Gasteiger partial charge in [0.15, 0.2) is 0 Å². The molecule has 1 aliphatic carbocycles. The molecule has 2 aromatic heterocycles. The van der Waals surface area contributed by atoms with Crippen LogP contribution in [-0.4, -0.2) is 27.3 Å². The van der Waals surface area contributed by atoms with Gasteiger partial charge in [0.25, 0.3) is 0 Å². The average molecular weight is 296 g/mol. The van der Waals surface area contributed by atoms with Crippen LogP contribution in [0.4, 0.5) is 0 Å². The summed E-state index contributed by atoms with van der Waals surface area (Å²) >= 11 is 5.98. The lowest BCUT2D eigenvalue weighted by Crippen LogP contribution is -2.30. The van der Waals surface area contributed by atoms with Crippen molar-refractivity contribution in [3.8, 4) is 0 Å². The van der Waals surface area contributed by atoms with Gasteiger partial charge in [-0.3, -0.25) is 9.13 Å². The molecule has 1 aliphatic rings. The van der Waals surface area contributed by atoms with Gasteiger partial charge in [-0.1, -0.05) is 11.6 Å². The molecule has 108 valence electrons. The Morgan fingerprint density at radius 3 is 2.65 bits per heavy atom. The number of rotatable bonds is 2. The summed E-state index contributed by atoms with van der Waals surface area (Å²) in [7, 11) is 3.53. The minimum absolute atomic E-state index is 0.00457. The molecule has 3 rings (SSSR count). The molecule has 0 spiro atoms. The Morgan fingerprint density at radius 2 is 2.00 bits per heavy atom. The monoisotopic (exact) mass is 295 g/mol. The SMILES string of the molecule is COC1CCC(n2c(=O)n(C)c3cnc(Cl)cc32)CC1. The Hall–Kier alpha value is -1.33. The van der Waals surface area contributed by atoms with E-state index in [-0.39, 0.29) is 11.7 Å². The zero-order valence-electron chi connectivity index (χ0n) is 11.7. The van der Waals surface area contributed by atoms with Crippen molar-refractivity contribution in [2.45, 2.75) is 37.8 Å². The van der Waals surface area contributed by atoms with Crippen LogP contribution >= 0.6 is 11.6 Å². The molecule has 0 radical (unpaired) electrons. The molecule has 0 aliphatic heterocycles. The van der Waals surface area contributed by atoms with Gasteiger partial charge in [-0.05, 0) is 25.7 Å². The van der Waals surface area contributed by atoms with Gasteiger partial charge in [-0.25, -0.2) is 9.78 Å². The van der Waals surface area contributed by atoms with E-state index in [9.17, 15) is 4.79 Å². The maximum absolute atomic E-state index is 12.5. The molecule has 0 bridgehead atoms. The fourth-order valence-electron chi connectivity index (χ4n) is 3.12. The molecule has 2 aromatic rings. The van der Waals surface area contributed by atoms with Crippen molar-refractivity contribution in [3.05, 3.63) is 27.9 Å². The zero-order chi connectivity index (χ0) is 14.3. The van der Waals surface area contributed by atoms with Crippen molar-refractivity contribution in [1.29, 1.82) is 0 Å². The van der Waals surface area contributed by atoms with Crippen molar-refractivity contribution in [3.63, 3.8) is 0 Å². The average Bonchev–Trinajstić information content (AvgIpc) is 2.71. The van der Waals surface area contributed by atoms with Crippen LogP contribution < -0.4 is 5.69 Å². The predicted octanol–water partition coefficient (Wildman–Crippen LogP) is 2.52. The van der Waals surface area contributed by atoms with Gasteiger partial charge in [0.1, 0.15) is 5.15 Å². The van der Waals surface area contributed by atoms with Crippen LogP contribution in [-0.2, 0) is 11.8 Å². The number of halogens is 1.